The molecule has 3 aromatic rings. The van der Waals surface area contributed by atoms with Crippen LogP contribution >= 0.6 is 11.6 Å². The van der Waals surface area contributed by atoms with Gasteiger partial charge in [0.05, 0.1) is 38.4 Å². The molecule has 0 saturated heterocycles. The van der Waals surface area contributed by atoms with Crippen LogP contribution in [-0.2, 0) is 28.0 Å². The molecule has 1 aliphatic rings. The van der Waals surface area contributed by atoms with E-state index in [1.165, 1.54) is 26.4 Å². The van der Waals surface area contributed by atoms with Gasteiger partial charge < -0.3 is 14.9 Å². The number of carbonyl (C=O) groups excluding carboxylic acids is 2. The molecule has 1 aromatic carbocycles. The molecule has 0 fully saturated rings. The van der Waals surface area contributed by atoms with Gasteiger partial charge in [-0.3, -0.25) is 15.2 Å². The Morgan fingerprint density at radius 3 is 2.72 bits per heavy atom. The number of carbonyl (C=O) groups is 2. The normalized spacial score (nSPS) is 14.6. The predicted molar refractivity (Wildman–Crippen MR) is 120 cm³/mol. The third-order valence-corrected chi connectivity index (χ3v) is 5.12. The van der Waals surface area contributed by atoms with E-state index in [9.17, 15) is 18.4 Å². The summed E-state index contributed by atoms with van der Waals surface area (Å²) in [4.78, 5) is 34.0. The van der Waals surface area contributed by atoms with Gasteiger partial charge in [0.2, 0.25) is 17.8 Å². The molecular weight excluding hydrogens is 504 g/mol. The standard InChI is InChI=1S/C20H18ClF2N9O4/c1-32-29-18(26-31-32)17-11(4-10(21)5-13(17)23)9-3-12(22)14(24-7-9)8-25-20(34)28-27-19(33)15-6-16(35-2)30-36-15/h3-5,7,15H,6,8H2,1-2H3,(H,27,33)(H2,25,28,34). The average molecular weight is 522 g/mol. The summed E-state index contributed by atoms with van der Waals surface area (Å²) in [5.41, 5.74) is 4.53. The number of benzene rings is 1. The molecule has 3 heterocycles. The summed E-state index contributed by atoms with van der Waals surface area (Å²) in [7, 11) is 2.90. The van der Waals surface area contributed by atoms with Gasteiger partial charge in [0.15, 0.2) is 0 Å². The minimum Gasteiger partial charge on any atom is -0.482 e. The highest BCUT2D eigenvalue weighted by Crippen LogP contribution is 2.35. The highest BCUT2D eigenvalue weighted by molar-refractivity contribution is 6.31. The fourth-order valence-corrected chi connectivity index (χ4v) is 3.38. The number of nitrogens with zero attached hydrogens (tertiary/aromatic N) is 6. The number of aromatic nitrogens is 5. The van der Waals surface area contributed by atoms with Gasteiger partial charge in [-0.05, 0) is 29.0 Å². The number of pyridine rings is 1. The number of rotatable bonds is 5. The van der Waals surface area contributed by atoms with Gasteiger partial charge in [0.25, 0.3) is 5.91 Å². The zero-order valence-corrected chi connectivity index (χ0v) is 19.5. The maximum Gasteiger partial charge on any atom is 0.333 e. The summed E-state index contributed by atoms with van der Waals surface area (Å²) in [5, 5.41) is 17.5. The molecule has 3 amide bonds. The van der Waals surface area contributed by atoms with Crippen LogP contribution in [-0.4, -0.2) is 56.2 Å². The molecule has 1 aliphatic heterocycles. The van der Waals surface area contributed by atoms with Gasteiger partial charge in [-0.2, -0.15) is 4.80 Å². The van der Waals surface area contributed by atoms with Crippen LogP contribution in [0.1, 0.15) is 12.1 Å². The second kappa shape index (κ2) is 10.5. The number of tetrazole rings is 1. The van der Waals surface area contributed by atoms with Gasteiger partial charge in [-0.25, -0.2) is 19.0 Å². The smallest absolute Gasteiger partial charge is 0.333 e. The van der Waals surface area contributed by atoms with E-state index in [2.05, 4.69) is 41.7 Å². The molecule has 0 bridgehead atoms. The number of halogens is 3. The molecule has 3 N–H and O–H groups in total. The lowest BCUT2D eigenvalue weighted by Crippen LogP contribution is -2.50. The van der Waals surface area contributed by atoms with E-state index in [0.717, 1.165) is 16.9 Å². The molecular formula is C20H18ClF2N9O4. The summed E-state index contributed by atoms with van der Waals surface area (Å²) in [5.74, 6) is -1.93. The van der Waals surface area contributed by atoms with Crippen molar-refractivity contribution in [1.29, 1.82) is 0 Å². The largest absolute Gasteiger partial charge is 0.482 e. The number of aryl methyl sites for hydroxylation is 1. The molecule has 0 radical (unpaired) electrons. The molecule has 0 spiro atoms. The van der Waals surface area contributed by atoms with Crippen molar-refractivity contribution < 1.29 is 27.9 Å². The number of hydrogen-bond donors (Lipinski definition) is 3. The quantitative estimate of drug-likeness (QED) is 0.426. The maximum atomic E-state index is 14.8. The van der Waals surface area contributed by atoms with E-state index in [4.69, 9.17) is 21.2 Å². The molecule has 4 rings (SSSR count). The summed E-state index contributed by atoms with van der Waals surface area (Å²) in [6.07, 6.45) is 0.443. The van der Waals surface area contributed by atoms with Crippen molar-refractivity contribution in [2.45, 2.75) is 19.1 Å². The monoisotopic (exact) mass is 521 g/mol. The number of amides is 3. The van der Waals surface area contributed by atoms with E-state index in [1.54, 1.807) is 0 Å². The first-order valence-corrected chi connectivity index (χ1v) is 10.6. The maximum absolute atomic E-state index is 14.8. The van der Waals surface area contributed by atoms with Gasteiger partial charge in [0, 0.05) is 16.8 Å². The summed E-state index contributed by atoms with van der Waals surface area (Å²) in [6.45, 7) is -0.312. The average Bonchev–Trinajstić information content (AvgIpc) is 3.50. The van der Waals surface area contributed by atoms with E-state index < -0.39 is 29.7 Å². The lowest BCUT2D eigenvalue weighted by atomic mass is 9.99. The Kier molecular flexibility index (Phi) is 7.19. The Morgan fingerprint density at radius 2 is 2.06 bits per heavy atom. The Bertz CT molecular complexity index is 1350. The van der Waals surface area contributed by atoms with E-state index >= 15 is 0 Å². The van der Waals surface area contributed by atoms with Gasteiger partial charge in [-0.1, -0.05) is 16.8 Å². The fraction of sp³-hybridized carbons (Fsp3) is 0.250. The Morgan fingerprint density at radius 1 is 1.25 bits per heavy atom. The van der Waals surface area contributed by atoms with Crippen LogP contribution in [0.5, 0.6) is 0 Å². The van der Waals surface area contributed by atoms with E-state index in [-0.39, 0.29) is 52.1 Å². The molecule has 0 aliphatic carbocycles. The Balaban J connectivity index is 1.41. The van der Waals surface area contributed by atoms with Crippen molar-refractivity contribution in [2.75, 3.05) is 7.11 Å². The summed E-state index contributed by atoms with van der Waals surface area (Å²) >= 11 is 6.01. The van der Waals surface area contributed by atoms with Crippen LogP contribution in [0.3, 0.4) is 0 Å². The molecule has 13 nitrogen and oxygen atoms in total. The zero-order valence-electron chi connectivity index (χ0n) is 18.8. The predicted octanol–water partition coefficient (Wildman–Crippen LogP) is 1.45. The second-order valence-electron chi connectivity index (χ2n) is 7.35. The van der Waals surface area contributed by atoms with Crippen LogP contribution in [0, 0.1) is 11.6 Å². The lowest BCUT2D eigenvalue weighted by molar-refractivity contribution is -0.131. The zero-order chi connectivity index (χ0) is 25.8. The van der Waals surface area contributed by atoms with Crippen LogP contribution in [0.4, 0.5) is 13.6 Å². The van der Waals surface area contributed by atoms with Crippen molar-refractivity contribution in [1.82, 2.24) is 41.4 Å². The number of nitrogens with one attached hydrogen (secondary N) is 3. The number of urea groups is 1. The van der Waals surface area contributed by atoms with Crippen LogP contribution in [0.25, 0.3) is 22.5 Å². The van der Waals surface area contributed by atoms with Crippen molar-refractivity contribution >= 4 is 29.4 Å². The number of hydrogen-bond acceptors (Lipinski definition) is 9. The highest BCUT2D eigenvalue weighted by atomic mass is 35.5. The molecule has 0 saturated carbocycles. The third-order valence-electron chi connectivity index (χ3n) is 4.90. The Hall–Kier alpha value is -4.40. The number of oxime groups is 1. The number of methoxy groups -OCH3 is 1. The number of hydrazine groups is 1. The van der Waals surface area contributed by atoms with Gasteiger partial charge in [0.1, 0.15) is 11.6 Å². The minimum absolute atomic E-state index is 0.0143. The van der Waals surface area contributed by atoms with Crippen LogP contribution < -0.4 is 16.2 Å². The number of ether oxygens (including phenoxy) is 1. The van der Waals surface area contributed by atoms with Crippen LogP contribution in [0.2, 0.25) is 5.02 Å². The fourth-order valence-electron chi connectivity index (χ4n) is 3.18. The molecule has 1 unspecified atom stereocenters. The topological polar surface area (TPSA) is 158 Å². The minimum atomic E-state index is -0.954. The summed E-state index contributed by atoms with van der Waals surface area (Å²) < 4.78 is 34.4. The van der Waals surface area contributed by atoms with Crippen molar-refractivity contribution in [3.8, 4) is 22.5 Å². The first-order chi connectivity index (χ1) is 17.2. The molecule has 1 atom stereocenters. The third kappa shape index (κ3) is 5.46. The van der Waals surface area contributed by atoms with Crippen LogP contribution in [0.15, 0.2) is 29.6 Å². The summed E-state index contributed by atoms with van der Waals surface area (Å²) in [6, 6.07) is 2.79. The first kappa shape index (κ1) is 24.7. The van der Waals surface area contributed by atoms with Gasteiger partial charge in [-0.15, -0.1) is 10.2 Å². The van der Waals surface area contributed by atoms with Gasteiger partial charge >= 0.3 is 6.03 Å². The molecule has 36 heavy (non-hydrogen) atoms. The lowest BCUT2D eigenvalue weighted by Gasteiger charge is -2.12. The Labute approximate surface area is 206 Å². The second-order valence-corrected chi connectivity index (χ2v) is 7.79. The van der Waals surface area contributed by atoms with Crippen molar-refractivity contribution in [3.05, 3.63) is 46.7 Å². The molecule has 16 heteroatoms. The van der Waals surface area contributed by atoms with Crippen molar-refractivity contribution in [3.63, 3.8) is 0 Å². The van der Waals surface area contributed by atoms with E-state index in [0.29, 0.717) is 0 Å². The molecule has 2 aromatic heterocycles. The SMILES string of the molecule is COC1=NOC(C(=O)NNC(=O)NCc2ncc(-c3cc(Cl)cc(F)c3-c3nnn(C)n3)cc2F)C1. The van der Waals surface area contributed by atoms with E-state index in [1.807, 2.05) is 0 Å². The first-order valence-electron chi connectivity index (χ1n) is 10.2. The highest BCUT2D eigenvalue weighted by Gasteiger charge is 2.29. The van der Waals surface area contributed by atoms with Crippen molar-refractivity contribution in [2.24, 2.45) is 12.2 Å². The molecule has 188 valence electrons.